The highest BCUT2D eigenvalue weighted by atomic mass is 32.1. The number of ether oxygens (including phenoxy) is 1. The van der Waals surface area contributed by atoms with E-state index in [1.165, 1.54) is 0 Å². The summed E-state index contributed by atoms with van der Waals surface area (Å²) in [5.74, 6) is -0.494. The molecule has 2 rings (SSSR count). The fraction of sp³-hybridized carbons (Fsp3) is 0.444. The number of nitrogens with zero attached hydrogens (tertiary/aromatic N) is 1. The zero-order valence-electron chi connectivity index (χ0n) is 14.8. The zero-order valence-corrected chi connectivity index (χ0v) is 15.6. The van der Waals surface area contributed by atoms with Gasteiger partial charge in [0.1, 0.15) is 5.69 Å². The normalized spacial score (nSPS) is 10.9. The smallest absolute Gasteiger partial charge is 0.340 e. The van der Waals surface area contributed by atoms with Crippen molar-refractivity contribution in [1.82, 2.24) is 9.88 Å². The molecule has 1 N–H and O–H groups in total. The van der Waals surface area contributed by atoms with E-state index in [-0.39, 0.29) is 12.0 Å². The molecule has 0 aliphatic rings. The number of aromatic nitrogens is 1. The molecule has 0 bridgehead atoms. The molecule has 0 fully saturated rings. The van der Waals surface area contributed by atoms with Crippen LogP contribution in [-0.4, -0.2) is 34.4 Å². The Balaban J connectivity index is 2.27. The Morgan fingerprint density at radius 1 is 1.33 bits per heavy atom. The minimum absolute atomic E-state index is 0.102. The first-order valence-corrected chi connectivity index (χ1v) is 8.94. The zero-order chi connectivity index (χ0) is 17.9. The summed E-state index contributed by atoms with van der Waals surface area (Å²) >= 11 is 1.63. The number of aryl methyl sites for hydroxylation is 1. The molecule has 0 radical (unpaired) electrons. The number of aromatic amines is 1. The van der Waals surface area contributed by atoms with Gasteiger partial charge in [0.05, 0.1) is 18.2 Å². The summed E-state index contributed by atoms with van der Waals surface area (Å²) in [6.07, 6.45) is -0.198. The van der Waals surface area contributed by atoms with Crippen molar-refractivity contribution in [2.45, 2.75) is 47.3 Å². The topological polar surface area (TPSA) is 62.4 Å². The second-order valence-electron chi connectivity index (χ2n) is 5.98. The van der Waals surface area contributed by atoms with Crippen LogP contribution in [-0.2, 0) is 11.3 Å². The molecule has 0 aromatic carbocycles. The molecular formula is C18H24N2O3S. The molecule has 6 heteroatoms. The quantitative estimate of drug-likeness (QED) is 0.805. The first-order valence-electron chi connectivity index (χ1n) is 8.06. The Morgan fingerprint density at radius 2 is 2.04 bits per heavy atom. The van der Waals surface area contributed by atoms with Gasteiger partial charge in [-0.1, -0.05) is 6.07 Å². The highest BCUT2D eigenvalue weighted by Crippen LogP contribution is 2.22. The van der Waals surface area contributed by atoms with E-state index in [9.17, 15) is 9.59 Å². The van der Waals surface area contributed by atoms with Crippen molar-refractivity contribution in [3.8, 4) is 0 Å². The lowest BCUT2D eigenvalue weighted by molar-refractivity contribution is 0.0376. The van der Waals surface area contributed by atoms with Gasteiger partial charge in [-0.05, 0) is 51.6 Å². The number of carbonyl (C=O) groups excluding carboxylic acids is 2. The Kier molecular flexibility index (Phi) is 5.83. The van der Waals surface area contributed by atoms with Crippen molar-refractivity contribution >= 4 is 23.2 Å². The predicted molar refractivity (Wildman–Crippen MR) is 95.6 cm³/mol. The number of hydrogen-bond donors (Lipinski definition) is 1. The molecule has 24 heavy (non-hydrogen) atoms. The van der Waals surface area contributed by atoms with Gasteiger partial charge >= 0.3 is 5.97 Å². The van der Waals surface area contributed by atoms with Crippen molar-refractivity contribution in [3.05, 3.63) is 44.9 Å². The van der Waals surface area contributed by atoms with Gasteiger partial charge in [0, 0.05) is 17.1 Å². The van der Waals surface area contributed by atoms with Crippen LogP contribution in [0, 0.1) is 13.8 Å². The molecule has 0 atom stereocenters. The summed E-state index contributed by atoms with van der Waals surface area (Å²) < 4.78 is 5.28. The molecule has 0 spiro atoms. The van der Waals surface area contributed by atoms with Crippen LogP contribution in [0.2, 0.25) is 0 Å². The molecular weight excluding hydrogens is 324 g/mol. The Hall–Kier alpha value is -2.08. The molecule has 130 valence electrons. The summed E-state index contributed by atoms with van der Waals surface area (Å²) in [6.45, 7) is 10.3. The van der Waals surface area contributed by atoms with Gasteiger partial charge in [-0.3, -0.25) is 4.79 Å². The number of rotatable bonds is 6. The Bertz CT molecular complexity index is 717. The van der Waals surface area contributed by atoms with Gasteiger partial charge in [-0.25, -0.2) is 4.79 Å². The van der Waals surface area contributed by atoms with Crippen molar-refractivity contribution in [2.24, 2.45) is 0 Å². The number of thiophene rings is 1. The lowest BCUT2D eigenvalue weighted by Crippen LogP contribution is -2.30. The maximum absolute atomic E-state index is 12.9. The van der Waals surface area contributed by atoms with Crippen LogP contribution in [0.4, 0.5) is 0 Å². The van der Waals surface area contributed by atoms with Crippen molar-refractivity contribution in [1.29, 1.82) is 0 Å². The summed E-state index contributed by atoms with van der Waals surface area (Å²) in [7, 11) is 0. The van der Waals surface area contributed by atoms with Gasteiger partial charge in [-0.2, -0.15) is 0 Å². The summed E-state index contributed by atoms with van der Waals surface area (Å²) in [5, 5.41) is 2.00. The van der Waals surface area contributed by atoms with E-state index < -0.39 is 5.97 Å². The molecule has 0 unspecified atom stereocenters. The maximum atomic E-state index is 12.9. The summed E-state index contributed by atoms with van der Waals surface area (Å²) in [6, 6.07) is 3.99. The van der Waals surface area contributed by atoms with E-state index in [1.807, 2.05) is 24.4 Å². The van der Waals surface area contributed by atoms with Gasteiger partial charge in [-0.15, -0.1) is 11.3 Å². The van der Waals surface area contributed by atoms with E-state index >= 15 is 0 Å². The monoisotopic (exact) mass is 348 g/mol. The first kappa shape index (κ1) is 18.3. The minimum atomic E-state index is -0.392. The van der Waals surface area contributed by atoms with Crippen molar-refractivity contribution in [2.75, 3.05) is 6.54 Å². The highest BCUT2D eigenvalue weighted by molar-refractivity contribution is 7.09. The summed E-state index contributed by atoms with van der Waals surface area (Å²) in [4.78, 5) is 31.1. The van der Waals surface area contributed by atoms with Crippen LogP contribution in [0.3, 0.4) is 0 Å². The summed E-state index contributed by atoms with van der Waals surface area (Å²) in [5.41, 5.74) is 2.22. The Morgan fingerprint density at radius 3 is 2.58 bits per heavy atom. The van der Waals surface area contributed by atoms with Gasteiger partial charge < -0.3 is 14.6 Å². The van der Waals surface area contributed by atoms with Crippen molar-refractivity contribution < 1.29 is 14.3 Å². The fourth-order valence-electron chi connectivity index (χ4n) is 2.62. The SMILES string of the molecule is CCN(Cc1cccs1)C(=O)c1[nH]c(C)c(C(=O)OC(C)C)c1C. The van der Waals surface area contributed by atoms with Crippen LogP contribution in [0.25, 0.3) is 0 Å². The van der Waals surface area contributed by atoms with E-state index in [0.717, 1.165) is 4.88 Å². The van der Waals surface area contributed by atoms with Crippen LogP contribution in [0.1, 0.15) is 57.8 Å². The average molecular weight is 348 g/mol. The molecule has 0 saturated carbocycles. The van der Waals surface area contributed by atoms with E-state index in [4.69, 9.17) is 4.74 Å². The van der Waals surface area contributed by atoms with Crippen LogP contribution in [0.5, 0.6) is 0 Å². The fourth-order valence-corrected chi connectivity index (χ4v) is 3.34. The van der Waals surface area contributed by atoms with Crippen LogP contribution >= 0.6 is 11.3 Å². The molecule has 2 aromatic rings. The van der Waals surface area contributed by atoms with Gasteiger partial charge in [0.25, 0.3) is 5.91 Å². The Labute approximate surface area is 146 Å². The van der Waals surface area contributed by atoms with E-state index in [1.54, 1.807) is 43.9 Å². The molecule has 0 saturated heterocycles. The third-order valence-corrected chi connectivity index (χ3v) is 4.66. The van der Waals surface area contributed by atoms with Gasteiger partial charge in [0.2, 0.25) is 0 Å². The number of hydrogen-bond acceptors (Lipinski definition) is 4. The minimum Gasteiger partial charge on any atom is -0.459 e. The van der Waals surface area contributed by atoms with Crippen LogP contribution < -0.4 is 0 Å². The highest BCUT2D eigenvalue weighted by Gasteiger charge is 2.26. The lowest BCUT2D eigenvalue weighted by atomic mass is 10.1. The lowest BCUT2D eigenvalue weighted by Gasteiger charge is -2.20. The average Bonchev–Trinajstić information content (AvgIpc) is 3.11. The molecule has 1 amide bonds. The number of nitrogens with one attached hydrogen (secondary N) is 1. The standard InChI is InChI=1S/C18H24N2O3S/c1-6-20(10-14-8-7-9-24-14)17(21)16-12(4)15(13(5)19-16)18(22)23-11(2)3/h7-9,11,19H,6,10H2,1-5H3. The van der Waals surface area contributed by atoms with Crippen molar-refractivity contribution in [3.63, 3.8) is 0 Å². The predicted octanol–water partition coefficient (Wildman–Crippen LogP) is 3.92. The molecule has 0 aliphatic carbocycles. The molecule has 2 heterocycles. The molecule has 5 nitrogen and oxygen atoms in total. The second kappa shape index (κ2) is 7.66. The third-order valence-electron chi connectivity index (χ3n) is 3.79. The second-order valence-corrected chi connectivity index (χ2v) is 7.01. The van der Waals surface area contributed by atoms with Crippen LogP contribution in [0.15, 0.2) is 17.5 Å². The van der Waals surface area contributed by atoms with Gasteiger partial charge in [0.15, 0.2) is 0 Å². The molecule has 0 aliphatic heterocycles. The number of amides is 1. The van der Waals surface area contributed by atoms with E-state index in [0.29, 0.717) is 35.6 Å². The number of carbonyl (C=O) groups is 2. The number of esters is 1. The van der Waals surface area contributed by atoms with E-state index in [2.05, 4.69) is 4.98 Å². The maximum Gasteiger partial charge on any atom is 0.340 e. The number of H-pyrrole nitrogens is 1. The largest absolute Gasteiger partial charge is 0.459 e. The molecule has 2 aromatic heterocycles. The third kappa shape index (κ3) is 3.87. The first-order chi connectivity index (χ1) is 11.3.